The molecule has 2 bridgehead atoms. The second kappa shape index (κ2) is 5.18. The Hall–Kier alpha value is -1.26. The minimum Gasteiger partial charge on any atom is -0.454 e. The highest BCUT2D eigenvalue weighted by atomic mass is 16.7. The molecule has 2 fully saturated rings. The van der Waals surface area contributed by atoms with E-state index in [-0.39, 0.29) is 6.10 Å². The third-order valence-corrected chi connectivity index (χ3v) is 5.29. The smallest absolute Gasteiger partial charge is 0.231 e. The summed E-state index contributed by atoms with van der Waals surface area (Å²) in [6, 6.07) is 6.29. The molecular weight excluding hydrogens is 266 g/mol. The number of likely N-dealkylation sites (tertiary alicyclic amines) is 1. The fourth-order valence-electron chi connectivity index (χ4n) is 4.42. The molecule has 0 radical (unpaired) electrons. The lowest BCUT2D eigenvalue weighted by atomic mass is 9.69. The first kappa shape index (κ1) is 13.4. The van der Waals surface area contributed by atoms with Crippen molar-refractivity contribution < 1.29 is 14.6 Å². The van der Waals surface area contributed by atoms with Crippen LogP contribution in [0, 0.1) is 17.8 Å². The van der Waals surface area contributed by atoms with Crippen LogP contribution in [0.15, 0.2) is 18.2 Å². The molecule has 1 saturated carbocycles. The van der Waals surface area contributed by atoms with Crippen molar-refractivity contribution in [2.75, 3.05) is 26.9 Å². The van der Waals surface area contributed by atoms with Gasteiger partial charge in [-0.25, -0.2) is 0 Å². The Balaban J connectivity index is 1.46. The third-order valence-electron chi connectivity index (χ3n) is 5.29. The van der Waals surface area contributed by atoms with Crippen molar-refractivity contribution in [2.45, 2.75) is 25.4 Å². The third kappa shape index (κ3) is 2.51. The van der Waals surface area contributed by atoms with Crippen LogP contribution in [0.25, 0.3) is 0 Å². The number of nitrogens with zero attached hydrogens (tertiary/aromatic N) is 1. The predicted molar refractivity (Wildman–Crippen MR) is 79.5 cm³/mol. The van der Waals surface area contributed by atoms with Crippen molar-refractivity contribution in [3.05, 3.63) is 23.8 Å². The van der Waals surface area contributed by atoms with Gasteiger partial charge in [-0.05, 0) is 61.8 Å². The van der Waals surface area contributed by atoms with E-state index in [0.29, 0.717) is 24.5 Å². The molecule has 0 amide bonds. The molecule has 1 aromatic carbocycles. The molecule has 21 heavy (non-hydrogen) atoms. The van der Waals surface area contributed by atoms with Crippen LogP contribution in [-0.4, -0.2) is 43.0 Å². The molecular formula is C17H23NO3. The van der Waals surface area contributed by atoms with Gasteiger partial charge in [0.25, 0.3) is 0 Å². The fraction of sp³-hybridized carbons (Fsp3) is 0.647. The molecule has 2 heterocycles. The fourth-order valence-corrected chi connectivity index (χ4v) is 4.42. The summed E-state index contributed by atoms with van der Waals surface area (Å²) in [5, 5.41) is 10.4. The average Bonchev–Trinajstić information content (AvgIpc) is 2.89. The van der Waals surface area contributed by atoms with Gasteiger partial charge in [0.15, 0.2) is 11.5 Å². The van der Waals surface area contributed by atoms with Crippen LogP contribution in [0.3, 0.4) is 0 Å². The molecule has 4 rings (SSSR count). The highest BCUT2D eigenvalue weighted by Crippen LogP contribution is 2.40. The van der Waals surface area contributed by atoms with Crippen LogP contribution in [0.2, 0.25) is 0 Å². The molecule has 1 saturated heterocycles. The van der Waals surface area contributed by atoms with E-state index in [1.807, 2.05) is 6.07 Å². The van der Waals surface area contributed by atoms with Gasteiger partial charge in [0.05, 0.1) is 6.10 Å². The largest absolute Gasteiger partial charge is 0.454 e. The first-order valence-corrected chi connectivity index (χ1v) is 7.94. The molecule has 4 heteroatoms. The Bertz CT molecular complexity index is 517. The zero-order chi connectivity index (χ0) is 14.4. The van der Waals surface area contributed by atoms with Gasteiger partial charge in [-0.1, -0.05) is 6.07 Å². The first-order chi connectivity index (χ1) is 10.2. The van der Waals surface area contributed by atoms with Gasteiger partial charge < -0.3 is 19.5 Å². The molecule has 114 valence electrons. The Labute approximate surface area is 125 Å². The number of ether oxygens (including phenoxy) is 2. The maximum Gasteiger partial charge on any atom is 0.231 e. The first-order valence-electron chi connectivity index (χ1n) is 7.94. The van der Waals surface area contributed by atoms with Crippen molar-refractivity contribution in [3.8, 4) is 11.5 Å². The molecule has 0 aromatic heterocycles. The number of rotatable bonds is 2. The maximum atomic E-state index is 10.4. The van der Waals surface area contributed by atoms with E-state index in [1.165, 1.54) is 5.56 Å². The number of aliphatic hydroxyl groups excluding tert-OH is 1. The minimum absolute atomic E-state index is 0.0887. The molecule has 2 unspecified atom stereocenters. The molecule has 3 aliphatic rings. The van der Waals surface area contributed by atoms with Crippen molar-refractivity contribution in [2.24, 2.45) is 17.8 Å². The van der Waals surface area contributed by atoms with E-state index in [4.69, 9.17) is 9.47 Å². The van der Waals surface area contributed by atoms with Crippen LogP contribution < -0.4 is 9.47 Å². The lowest BCUT2D eigenvalue weighted by Gasteiger charge is -2.46. The SMILES string of the molecule is CN1C[C@H]2CC(Cc3ccc4c(c3)OCO4)C[C@@H](C1)C2O. The number of fused-ring (bicyclic) bond motifs is 3. The van der Waals surface area contributed by atoms with Crippen molar-refractivity contribution >= 4 is 0 Å². The van der Waals surface area contributed by atoms with Gasteiger partial charge in [-0.2, -0.15) is 0 Å². The Morgan fingerprint density at radius 2 is 1.86 bits per heavy atom. The van der Waals surface area contributed by atoms with E-state index in [2.05, 4.69) is 24.1 Å². The second-order valence-corrected chi connectivity index (χ2v) is 6.96. The standard InChI is InChI=1S/C17H23NO3/c1-18-8-13-5-12(6-14(9-18)17(13)19)4-11-2-3-15-16(7-11)21-10-20-15/h2-3,7,12-14,17,19H,4-6,8-10H2,1H3/t12?,13-,14+,17?. The van der Waals surface area contributed by atoms with E-state index in [0.717, 1.165) is 43.9 Å². The summed E-state index contributed by atoms with van der Waals surface area (Å²) in [6.45, 7) is 2.41. The second-order valence-electron chi connectivity index (χ2n) is 6.96. The summed E-state index contributed by atoms with van der Waals surface area (Å²) in [4.78, 5) is 2.37. The number of aliphatic hydroxyl groups is 1. The summed E-state index contributed by atoms with van der Waals surface area (Å²) in [5.41, 5.74) is 1.33. The Morgan fingerprint density at radius 3 is 2.62 bits per heavy atom. The number of benzene rings is 1. The minimum atomic E-state index is -0.0887. The highest BCUT2D eigenvalue weighted by molar-refractivity contribution is 5.44. The van der Waals surface area contributed by atoms with Gasteiger partial charge in [0.2, 0.25) is 6.79 Å². The van der Waals surface area contributed by atoms with E-state index in [9.17, 15) is 5.11 Å². The van der Waals surface area contributed by atoms with Crippen molar-refractivity contribution in [3.63, 3.8) is 0 Å². The Morgan fingerprint density at radius 1 is 1.14 bits per heavy atom. The van der Waals surface area contributed by atoms with Gasteiger partial charge in [0, 0.05) is 13.1 Å². The normalized spacial score (nSPS) is 35.0. The van der Waals surface area contributed by atoms with E-state index < -0.39 is 0 Å². The lowest BCUT2D eigenvalue weighted by Crippen LogP contribution is -2.52. The van der Waals surface area contributed by atoms with Crippen molar-refractivity contribution in [1.82, 2.24) is 4.90 Å². The molecule has 1 N–H and O–H groups in total. The molecule has 1 aromatic rings. The van der Waals surface area contributed by atoms with Crippen LogP contribution in [-0.2, 0) is 6.42 Å². The van der Waals surface area contributed by atoms with Gasteiger partial charge in [-0.3, -0.25) is 0 Å². The molecule has 4 nitrogen and oxygen atoms in total. The quantitative estimate of drug-likeness (QED) is 0.903. The van der Waals surface area contributed by atoms with E-state index in [1.54, 1.807) is 0 Å². The number of hydrogen-bond acceptors (Lipinski definition) is 4. The summed E-state index contributed by atoms with van der Waals surface area (Å²) < 4.78 is 10.8. The highest BCUT2D eigenvalue weighted by Gasteiger charge is 2.40. The van der Waals surface area contributed by atoms with Gasteiger partial charge >= 0.3 is 0 Å². The molecule has 0 spiro atoms. The maximum absolute atomic E-state index is 10.4. The van der Waals surface area contributed by atoms with Crippen LogP contribution in [0.5, 0.6) is 11.5 Å². The summed E-state index contributed by atoms with van der Waals surface area (Å²) in [6.07, 6.45) is 3.27. The monoisotopic (exact) mass is 289 g/mol. The molecule has 2 aliphatic heterocycles. The topological polar surface area (TPSA) is 41.9 Å². The van der Waals surface area contributed by atoms with E-state index >= 15 is 0 Å². The summed E-state index contributed by atoms with van der Waals surface area (Å²) in [5.74, 6) is 3.31. The number of piperidine rings is 1. The Kier molecular flexibility index (Phi) is 3.31. The summed E-state index contributed by atoms with van der Waals surface area (Å²) in [7, 11) is 2.17. The molecule has 1 aliphatic carbocycles. The number of hydrogen-bond donors (Lipinski definition) is 1. The van der Waals surface area contributed by atoms with Crippen molar-refractivity contribution in [1.29, 1.82) is 0 Å². The van der Waals surface area contributed by atoms with Crippen LogP contribution in [0.4, 0.5) is 0 Å². The molecule has 4 atom stereocenters. The zero-order valence-corrected chi connectivity index (χ0v) is 12.5. The zero-order valence-electron chi connectivity index (χ0n) is 12.5. The summed E-state index contributed by atoms with van der Waals surface area (Å²) >= 11 is 0. The van der Waals surface area contributed by atoms with Crippen LogP contribution in [0.1, 0.15) is 18.4 Å². The lowest BCUT2D eigenvalue weighted by molar-refractivity contribution is -0.0593. The predicted octanol–water partition coefficient (Wildman–Crippen LogP) is 1.91. The van der Waals surface area contributed by atoms with Crippen LogP contribution >= 0.6 is 0 Å². The van der Waals surface area contributed by atoms with Gasteiger partial charge in [-0.15, -0.1) is 0 Å². The average molecular weight is 289 g/mol. The van der Waals surface area contributed by atoms with Gasteiger partial charge in [0.1, 0.15) is 0 Å².